The lowest BCUT2D eigenvalue weighted by Crippen LogP contribution is -2.19. The maximum atomic E-state index is 11.6. The molecule has 4 rings (SSSR count). The maximum Gasteiger partial charge on any atom is 0.330 e. The minimum Gasteiger partial charge on any atom is -0.479 e. The van der Waals surface area contributed by atoms with E-state index in [1.54, 1.807) is 12.4 Å². The number of carbonyl (C=O) groups is 1. The van der Waals surface area contributed by atoms with Crippen LogP contribution in [-0.4, -0.2) is 26.3 Å². The van der Waals surface area contributed by atoms with Crippen molar-refractivity contribution in [2.45, 2.75) is 6.04 Å². The number of carboxylic acid groups (broad SMARTS) is 1. The molecule has 0 saturated carbocycles. The van der Waals surface area contributed by atoms with Gasteiger partial charge in [0, 0.05) is 34.0 Å². The summed E-state index contributed by atoms with van der Waals surface area (Å²) in [6.45, 7) is 0. The molecule has 98 valence electrons. The van der Waals surface area contributed by atoms with Crippen LogP contribution < -0.4 is 5.32 Å². The maximum absolute atomic E-state index is 11.6. The smallest absolute Gasteiger partial charge is 0.330 e. The molecule has 3 N–H and O–H groups in total. The van der Waals surface area contributed by atoms with E-state index >= 15 is 0 Å². The standard InChI is InChI=1S/C14H10N4O2/c19-14(20)12-9-5-15-13-11(9)8(6-16-18-13)7-3-1-2-4-10(7)17-12/h1-6,12,17H,(H,15,18)(H,19,20). The summed E-state index contributed by atoms with van der Waals surface area (Å²) in [7, 11) is 0. The Labute approximate surface area is 113 Å². The number of hydrogen-bond acceptors (Lipinski definition) is 4. The summed E-state index contributed by atoms with van der Waals surface area (Å²) in [5.74, 6) is -0.926. The zero-order valence-corrected chi connectivity index (χ0v) is 10.3. The van der Waals surface area contributed by atoms with Crippen molar-refractivity contribution < 1.29 is 9.90 Å². The Bertz CT molecular complexity index is 840. The Morgan fingerprint density at radius 2 is 2.10 bits per heavy atom. The summed E-state index contributed by atoms with van der Waals surface area (Å²) in [5.41, 5.74) is 3.87. The highest BCUT2D eigenvalue weighted by atomic mass is 16.4. The molecule has 3 heterocycles. The lowest BCUT2D eigenvalue weighted by molar-refractivity contribution is -0.138. The van der Waals surface area contributed by atoms with Gasteiger partial charge in [-0.25, -0.2) is 4.79 Å². The first-order valence-corrected chi connectivity index (χ1v) is 6.17. The number of nitrogens with zero attached hydrogens (tertiary/aromatic N) is 2. The number of para-hydroxylation sites is 1. The highest BCUT2D eigenvalue weighted by molar-refractivity contribution is 6.03. The third-order valence-electron chi connectivity index (χ3n) is 3.58. The predicted molar refractivity (Wildman–Crippen MR) is 73.3 cm³/mol. The summed E-state index contributed by atoms with van der Waals surface area (Å²) in [6.07, 6.45) is 3.35. The van der Waals surface area contributed by atoms with E-state index in [4.69, 9.17) is 0 Å². The number of rotatable bonds is 1. The van der Waals surface area contributed by atoms with Gasteiger partial charge >= 0.3 is 5.97 Å². The van der Waals surface area contributed by atoms with Crippen LogP contribution in [-0.2, 0) is 4.79 Å². The Balaban J connectivity index is 2.15. The molecule has 3 aromatic rings. The molecule has 1 unspecified atom stereocenters. The van der Waals surface area contributed by atoms with Crippen molar-refractivity contribution >= 4 is 22.7 Å². The van der Waals surface area contributed by atoms with E-state index < -0.39 is 12.0 Å². The van der Waals surface area contributed by atoms with E-state index in [-0.39, 0.29) is 0 Å². The minimum absolute atomic E-state index is 0.599. The molecule has 1 aliphatic rings. The van der Waals surface area contributed by atoms with E-state index in [2.05, 4.69) is 20.5 Å². The molecule has 2 aromatic heterocycles. The molecule has 0 radical (unpaired) electrons. The number of nitrogens with one attached hydrogen (secondary N) is 2. The highest BCUT2D eigenvalue weighted by Gasteiger charge is 2.29. The fourth-order valence-corrected chi connectivity index (χ4v) is 2.70. The first kappa shape index (κ1) is 11.0. The van der Waals surface area contributed by atoms with Gasteiger partial charge in [0.1, 0.15) is 0 Å². The molecule has 0 fully saturated rings. The van der Waals surface area contributed by atoms with Crippen LogP contribution in [0.1, 0.15) is 11.6 Å². The van der Waals surface area contributed by atoms with Gasteiger partial charge in [-0.15, -0.1) is 5.10 Å². The van der Waals surface area contributed by atoms with Crippen molar-refractivity contribution in [3.8, 4) is 11.1 Å². The molecule has 0 saturated heterocycles. The number of H-pyrrole nitrogens is 1. The van der Waals surface area contributed by atoms with Gasteiger partial charge in [-0.3, -0.25) is 0 Å². The first-order chi connectivity index (χ1) is 9.75. The Morgan fingerprint density at radius 1 is 1.25 bits per heavy atom. The van der Waals surface area contributed by atoms with Crippen LogP contribution in [0, 0.1) is 0 Å². The molecule has 0 amide bonds. The number of carboxylic acids is 1. The monoisotopic (exact) mass is 266 g/mol. The van der Waals surface area contributed by atoms with E-state index in [0.717, 1.165) is 22.2 Å². The van der Waals surface area contributed by atoms with Crippen LogP contribution >= 0.6 is 0 Å². The molecule has 1 atom stereocenters. The normalized spacial score (nSPS) is 16.3. The topological polar surface area (TPSA) is 90.9 Å². The molecular weight excluding hydrogens is 256 g/mol. The number of benzene rings is 1. The summed E-state index contributed by atoms with van der Waals surface area (Å²) < 4.78 is 0. The molecule has 1 aliphatic heterocycles. The van der Waals surface area contributed by atoms with Crippen molar-refractivity contribution in [2.75, 3.05) is 5.32 Å². The lowest BCUT2D eigenvalue weighted by atomic mass is 10.0. The highest BCUT2D eigenvalue weighted by Crippen LogP contribution is 2.40. The number of fused-ring (bicyclic) bond motifs is 2. The molecular formula is C14H10N4O2. The quantitative estimate of drug-likeness (QED) is 0.628. The fourth-order valence-electron chi connectivity index (χ4n) is 2.70. The number of anilines is 1. The summed E-state index contributed by atoms with van der Waals surface area (Å²) >= 11 is 0. The average Bonchev–Trinajstić information content (AvgIpc) is 2.82. The first-order valence-electron chi connectivity index (χ1n) is 6.17. The molecule has 1 aromatic carbocycles. The van der Waals surface area contributed by atoms with E-state index in [1.807, 2.05) is 24.3 Å². The lowest BCUT2D eigenvalue weighted by Gasteiger charge is -2.14. The van der Waals surface area contributed by atoms with E-state index in [1.165, 1.54) is 0 Å². The number of aromatic amines is 1. The zero-order valence-electron chi connectivity index (χ0n) is 10.3. The number of aromatic nitrogens is 3. The molecule has 0 spiro atoms. The van der Waals surface area contributed by atoms with Crippen molar-refractivity contribution in [1.29, 1.82) is 0 Å². The second-order valence-corrected chi connectivity index (χ2v) is 4.69. The van der Waals surface area contributed by atoms with Gasteiger partial charge in [0.2, 0.25) is 0 Å². The zero-order chi connectivity index (χ0) is 13.7. The predicted octanol–water partition coefficient (Wildman–Crippen LogP) is 2.18. The third-order valence-corrected chi connectivity index (χ3v) is 3.58. The van der Waals surface area contributed by atoms with Gasteiger partial charge in [0.25, 0.3) is 0 Å². The summed E-state index contributed by atoms with van der Waals surface area (Å²) in [4.78, 5) is 14.5. The Morgan fingerprint density at radius 3 is 2.95 bits per heavy atom. The van der Waals surface area contributed by atoms with E-state index in [0.29, 0.717) is 11.2 Å². The van der Waals surface area contributed by atoms with Crippen molar-refractivity contribution in [3.05, 3.63) is 42.2 Å². The van der Waals surface area contributed by atoms with Crippen LogP contribution in [0.2, 0.25) is 0 Å². The molecule has 20 heavy (non-hydrogen) atoms. The van der Waals surface area contributed by atoms with Gasteiger partial charge in [-0.1, -0.05) is 18.2 Å². The van der Waals surface area contributed by atoms with E-state index in [9.17, 15) is 9.90 Å². The Kier molecular flexibility index (Phi) is 2.09. The second-order valence-electron chi connectivity index (χ2n) is 4.69. The SMILES string of the molecule is O=C(O)C1Nc2ccccc2-c2cnnc3[nH]cc1c23. The molecule has 0 aliphatic carbocycles. The molecule has 6 nitrogen and oxygen atoms in total. The van der Waals surface area contributed by atoms with Crippen LogP contribution in [0.3, 0.4) is 0 Å². The fraction of sp³-hybridized carbons (Fsp3) is 0.0714. The van der Waals surface area contributed by atoms with Gasteiger partial charge in [-0.2, -0.15) is 5.10 Å². The molecule has 0 bridgehead atoms. The van der Waals surface area contributed by atoms with Gasteiger partial charge in [0.05, 0.1) is 6.20 Å². The third kappa shape index (κ3) is 1.36. The van der Waals surface area contributed by atoms with Crippen LogP contribution in [0.25, 0.3) is 22.2 Å². The van der Waals surface area contributed by atoms with Crippen LogP contribution in [0.15, 0.2) is 36.7 Å². The van der Waals surface area contributed by atoms with Crippen molar-refractivity contribution in [1.82, 2.24) is 15.2 Å². The van der Waals surface area contributed by atoms with Gasteiger partial charge in [0.15, 0.2) is 11.7 Å². The minimum atomic E-state index is -0.926. The average molecular weight is 266 g/mol. The Hall–Kier alpha value is -2.89. The largest absolute Gasteiger partial charge is 0.479 e. The van der Waals surface area contributed by atoms with Crippen molar-refractivity contribution in [2.24, 2.45) is 0 Å². The van der Waals surface area contributed by atoms with Gasteiger partial charge < -0.3 is 15.4 Å². The van der Waals surface area contributed by atoms with Crippen LogP contribution in [0.5, 0.6) is 0 Å². The van der Waals surface area contributed by atoms with Gasteiger partial charge in [-0.05, 0) is 6.07 Å². The number of hydrogen-bond donors (Lipinski definition) is 3. The number of aliphatic carboxylic acids is 1. The second kappa shape index (κ2) is 3.80. The van der Waals surface area contributed by atoms with Crippen LogP contribution in [0.4, 0.5) is 5.69 Å². The summed E-state index contributed by atoms with van der Waals surface area (Å²) in [6, 6.07) is 6.79. The van der Waals surface area contributed by atoms with Crippen molar-refractivity contribution in [3.63, 3.8) is 0 Å². The summed E-state index contributed by atoms with van der Waals surface area (Å²) in [5, 5.41) is 21.4. The molecule has 6 heteroatoms.